The molecular weight excluding hydrogens is 234 g/mol. The molecule has 2 rings (SSSR count). The quantitative estimate of drug-likeness (QED) is 0.781. The van der Waals surface area contributed by atoms with Crippen LogP contribution in [0.1, 0.15) is 22.4 Å². The molecule has 0 aliphatic heterocycles. The van der Waals surface area contributed by atoms with Crippen LogP contribution >= 0.6 is 11.3 Å². The van der Waals surface area contributed by atoms with Crippen LogP contribution in [0.4, 0.5) is 0 Å². The number of hydrogen-bond donors (Lipinski definition) is 0. The Labute approximate surface area is 104 Å². The molecule has 0 unspecified atom stereocenters. The highest BCUT2D eigenvalue weighted by molar-refractivity contribution is 7.15. The average Bonchev–Trinajstić information content (AvgIpc) is 2.73. The van der Waals surface area contributed by atoms with Gasteiger partial charge in [0.1, 0.15) is 0 Å². The maximum atomic E-state index is 11.8. The number of aryl methyl sites for hydroxylation is 1. The fourth-order valence-electron chi connectivity index (χ4n) is 1.55. The van der Waals surface area contributed by atoms with Gasteiger partial charge in [-0.1, -0.05) is 30.3 Å². The van der Waals surface area contributed by atoms with Crippen molar-refractivity contribution in [1.29, 1.82) is 0 Å². The first kappa shape index (κ1) is 11.8. The van der Waals surface area contributed by atoms with Crippen molar-refractivity contribution in [2.45, 2.75) is 13.8 Å². The van der Waals surface area contributed by atoms with E-state index in [2.05, 4.69) is 4.98 Å². The smallest absolute Gasteiger partial charge is 0.358 e. The van der Waals surface area contributed by atoms with Gasteiger partial charge in [-0.25, -0.2) is 9.78 Å². The zero-order chi connectivity index (χ0) is 12.3. The third-order valence-electron chi connectivity index (χ3n) is 2.24. The molecule has 0 spiro atoms. The number of nitrogens with zero attached hydrogens (tertiary/aromatic N) is 1. The Bertz CT molecular complexity index is 519. The van der Waals surface area contributed by atoms with Crippen molar-refractivity contribution in [3.05, 3.63) is 41.0 Å². The summed E-state index contributed by atoms with van der Waals surface area (Å²) in [6.45, 7) is 4.04. The van der Waals surface area contributed by atoms with Gasteiger partial charge in [0.25, 0.3) is 0 Å². The van der Waals surface area contributed by atoms with Crippen LogP contribution < -0.4 is 0 Å². The van der Waals surface area contributed by atoms with Crippen LogP contribution in [0.2, 0.25) is 0 Å². The fourth-order valence-corrected chi connectivity index (χ4v) is 2.46. The highest BCUT2D eigenvalue weighted by Crippen LogP contribution is 2.30. The molecule has 0 atom stereocenters. The predicted molar refractivity (Wildman–Crippen MR) is 68.2 cm³/mol. The van der Waals surface area contributed by atoms with Crippen LogP contribution in [0, 0.1) is 6.92 Å². The van der Waals surface area contributed by atoms with Gasteiger partial charge in [0.15, 0.2) is 5.69 Å². The van der Waals surface area contributed by atoms with Gasteiger partial charge < -0.3 is 4.74 Å². The Kier molecular flexibility index (Phi) is 3.54. The van der Waals surface area contributed by atoms with E-state index in [1.54, 1.807) is 6.92 Å². The number of ether oxygens (including phenoxy) is 1. The summed E-state index contributed by atoms with van der Waals surface area (Å²) in [5.74, 6) is -0.351. The second-order valence-electron chi connectivity index (χ2n) is 3.50. The maximum absolute atomic E-state index is 11.8. The molecule has 0 fully saturated rings. The molecule has 17 heavy (non-hydrogen) atoms. The fraction of sp³-hybridized carbons (Fsp3) is 0.231. The van der Waals surface area contributed by atoms with Gasteiger partial charge in [-0.05, 0) is 19.4 Å². The number of benzene rings is 1. The molecule has 0 aliphatic rings. The average molecular weight is 247 g/mol. The van der Waals surface area contributed by atoms with E-state index in [-0.39, 0.29) is 5.97 Å². The van der Waals surface area contributed by atoms with Crippen molar-refractivity contribution in [2.75, 3.05) is 6.61 Å². The lowest BCUT2D eigenvalue weighted by molar-refractivity contribution is 0.0521. The number of carbonyl (C=O) groups excluding carboxylic acids is 1. The second kappa shape index (κ2) is 5.10. The Balaban J connectivity index is 2.44. The Hall–Kier alpha value is -1.68. The highest BCUT2D eigenvalue weighted by atomic mass is 32.1. The van der Waals surface area contributed by atoms with Gasteiger partial charge in [0, 0.05) is 0 Å². The number of rotatable bonds is 3. The molecule has 0 N–H and O–H groups in total. The van der Waals surface area contributed by atoms with Gasteiger partial charge in [-0.2, -0.15) is 0 Å². The molecule has 0 radical (unpaired) electrons. The summed E-state index contributed by atoms with van der Waals surface area (Å²) < 4.78 is 5.01. The molecule has 0 saturated carbocycles. The minimum absolute atomic E-state index is 0.351. The van der Waals surface area contributed by atoms with E-state index in [9.17, 15) is 4.79 Å². The van der Waals surface area contributed by atoms with Crippen LogP contribution in [0.25, 0.3) is 10.4 Å². The molecule has 2 aromatic rings. The van der Waals surface area contributed by atoms with E-state index in [1.165, 1.54) is 11.3 Å². The number of thiazole rings is 1. The lowest BCUT2D eigenvalue weighted by Gasteiger charge is -2.01. The summed E-state index contributed by atoms with van der Waals surface area (Å²) in [5, 5.41) is 0.868. The molecule has 1 aromatic carbocycles. The van der Waals surface area contributed by atoms with E-state index in [0.717, 1.165) is 15.4 Å². The molecule has 0 saturated heterocycles. The summed E-state index contributed by atoms with van der Waals surface area (Å²) in [4.78, 5) is 16.9. The van der Waals surface area contributed by atoms with E-state index in [0.29, 0.717) is 12.3 Å². The predicted octanol–water partition coefficient (Wildman–Crippen LogP) is 3.30. The Morgan fingerprint density at radius 3 is 2.71 bits per heavy atom. The van der Waals surface area contributed by atoms with E-state index in [4.69, 9.17) is 4.74 Å². The van der Waals surface area contributed by atoms with Crippen LogP contribution in [0.5, 0.6) is 0 Å². The van der Waals surface area contributed by atoms with Crippen molar-refractivity contribution in [2.24, 2.45) is 0 Å². The minimum Gasteiger partial charge on any atom is -0.461 e. The Morgan fingerprint density at radius 1 is 1.35 bits per heavy atom. The first-order valence-corrected chi connectivity index (χ1v) is 6.24. The lowest BCUT2D eigenvalue weighted by atomic mass is 10.1. The number of aromatic nitrogens is 1. The first-order valence-electron chi connectivity index (χ1n) is 5.42. The molecule has 88 valence electrons. The van der Waals surface area contributed by atoms with Crippen LogP contribution in [-0.4, -0.2) is 17.6 Å². The van der Waals surface area contributed by atoms with Gasteiger partial charge in [-0.15, -0.1) is 11.3 Å². The van der Waals surface area contributed by atoms with Crippen molar-refractivity contribution in [3.63, 3.8) is 0 Å². The van der Waals surface area contributed by atoms with E-state index >= 15 is 0 Å². The van der Waals surface area contributed by atoms with Gasteiger partial charge in [0.05, 0.1) is 16.5 Å². The number of hydrogen-bond acceptors (Lipinski definition) is 4. The zero-order valence-electron chi connectivity index (χ0n) is 9.77. The molecule has 1 aromatic heterocycles. The number of esters is 1. The van der Waals surface area contributed by atoms with Crippen molar-refractivity contribution in [3.8, 4) is 10.4 Å². The van der Waals surface area contributed by atoms with Gasteiger partial charge in [0.2, 0.25) is 0 Å². The van der Waals surface area contributed by atoms with Crippen LogP contribution in [0.15, 0.2) is 30.3 Å². The summed E-state index contributed by atoms with van der Waals surface area (Å²) in [5.41, 5.74) is 1.42. The second-order valence-corrected chi connectivity index (χ2v) is 4.70. The molecule has 0 bridgehead atoms. The molecule has 0 aliphatic carbocycles. The Morgan fingerprint density at radius 2 is 2.06 bits per heavy atom. The molecule has 0 amide bonds. The maximum Gasteiger partial charge on any atom is 0.358 e. The first-order chi connectivity index (χ1) is 8.22. The summed E-state index contributed by atoms with van der Waals surface area (Å²) in [6.07, 6.45) is 0. The van der Waals surface area contributed by atoms with E-state index < -0.39 is 0 Å². The SMILES string of the molecule is CCOC(=O)c1nc(C)sc1-c1ccccc1. The zero-order valence-corrected chi connectivity index (χ0v) is 10.6. The van der Waals surface area contributed by atoms with E-state index in [1.807, 2.05) is 37.3 Å². The third kappa shape index (κ3) is 2.53. The summed E-state index contributed by atoms with van der Waals surface area (Å²) in [6, 6.07) is 9.77. The van der Waals surface area contributed by atoms with Gasteiger partial charge in [-0.3, -0.25) is 0 Å². The summed E-state index contributed by atoms with van der Waals surface area (Å²) >= 11 is 1.51. The lowest BCUT2D eigenvalue weighted by Crippen LogP contribution is -2.06. The normalized spacial score (nSPS) is 10.2. The molecule has 4 heteroatoms. The number of carbonyl (C=O) groups is 1. The van der Waals surface area contributed by atoms with Crippen molar-refractivity contribution >= 4 is 17.3 Å². The topological polar surface area (TPSA) is 39.2 Å². The third-order valence-corrected chi connectivity index (χ3v) is 3.26. The highest BCUT2D eigenvalue weighted by Gasteiger charge is 2.18. The standard InChI is InChI=1S/C13H13NO2S/c1-3-16-13(15)11-12(17-9(2)14-11)10-7-5-4-6-8-10/h4-8H,3H2,1-2H3. The molecular formula is C13H13NO2S. The van der Waals surface area contributed by atoms with Crippen molar-refractivity contribution < 1.29 is 9.53 Å². The summed E-state index contributed by atoms with van der Waals surface area (Å²) in [7, 11) is 0. The molecule has 3 nitrogen and oxygen atoms in total. The van der Waals surface area contributed by atoms with Crippen molar-refractivity contribution in [1.82, 2.24) is 4.98 Å². The van der Waals surface area contributed by atoms with Crippen LogP contribution in [0.3, 0.4) is 0 Å². The van der Waals surface area contributed by atoms with Crippen LogP contribution in [-0.2, 0) is 4.74 Å². The molecule has 1 heterocycles. The monoisotopic (exact) mass is 247 g/mol. The minimum atomic E-state index is -0.351. The van der Waals surface area contributed by atoms with Gasteiger partial charge >= 0.3 is 5.97 Å². The largest absolute Gasteiger partial charge is 0.461 e.